The first-order valence-corrected chi connectivity index (χ1v) is 11.8. The number of carbonyl (C=O) groups is 1. The van der Waals surface area contributed by atoms with E-state index in [9.17, 15) is 18.7 Å². The molecule has 0 aromatic heterocycles. The minimum absolute atomic E-state index is 0.108. The second-order valence-electron chi connectivity index (χ2n) is 9.20. The van der Waals surface area contributed by atoms with Crippen LogP contribution in [0.1, 0.15) is 70.8 Å². The lowest BCUT2D eigenvalue weighted by atomic mass is 9.67. The van der Waals surface area contributed by atoms with E-state index in [1.807, 2.05) is 13.8 Å². The summed E-state index contributed by atoms with van der Waals surface area (Å²) in [5.74, 6) is -5.12. The van der Waals surface area contributed by atoms with Gasteiger partial charge < -0.3 is 9.84 Å². The smallest absolute Gasteiger partial charge is 0.342 e. The highest BCUT2D eigenvalue weighted by molar-refractivity contribution is 5.78. The zero-order valence-electron chi connectivity index (χ0n) is 19.5. The summed E-state index contributed by atoms with van der Waals surface area (Å²) >= 11 is 0. The summed E-state index contributed by atoms with van der Waals surface area (Å²) in [5, 5.41) is 9.81. The van der Waals surface area contributed by atoms with Gasteiger partial charge in [-0.3, -0.25) is 0 Å². The number of ether oxygens (including phenoxy) is 1. The standard InChI is InChI=1S/C27H33F3O3/c1-4-16-33-23-15-14-22(24(28)25(23)29)20-12-10-19(11-13-20)17(2)18(3)27(30,26(31)32)21-8-6-5-7-9-21/h10-15,17-18,21H,4-9,16H2,1-3H3,(H,31,32)/t17?,18-,27+/m0/s1. The van der Waals surface area contributed by atoms with E-state index in [2.05, 4.69) is 0 Å². The minimum atomic E-state index is -2.30. The zero-order valence-corrected chi connectivity index (χ0v) is 19.5. The van der Waals surface area contributed by atoms with Crippen molar-refractivity contribution in [1.82, 2.24) is 0 Å². The summed E-state index contributed by atoms with van der Waals surface area (Å²) in [6, 6.07) is 9.67. The molecule has 0 bridgehead atoms. The van der Waals surface area contributed by atoms with E-state index in [4.69, 9.17) is 4.74 Å². The molecule has 33 heavy (non-hydrogen) atoms. The Balaban J connectivity index is 1.83. The lowest BCUT2D eigenvalue weighted by molar-refractivity contribution is -0.162. The third kappa shape index (κ3) is 5.04. The Labute approximate surface area is 194 Å². The van der Waals surface area contributed by atoms with E-state index in [0.717, 1.165) is 24.8 Å². The number of hydrogen-bond donors (Lipinski definition) is 1. The van der Waals surface area contributed by atoms with E-state index in [0.29, 0.717) is 31.4 Å². The SMILES string of the molecule is CCCOc1ccc(-c2ccc(C(C)[C@H](C)[C@](F)(C(=O)O)C3CCCCC3)cc2)c(F)c1F. The fourth-order valence-electron chi connectivity index (χ4n) is 4.96. The van der Waals surface area contributed by atoms with Crippen molar-refractivity contribution in [3.8, 4) is 16.9 Å². The number of benzene rings is 2. The monoisotopic (exact) mass is 462 g/mol. The fraction of sp³-hybridized carbons (Fsp3) is 0.519. The molecule has 3 rings (SSSR count). The average molecular weight is 463 g/mol. The van der Waals surface area contributed by atoms with Crippen LogP contribution >= 0.6 is 0 Å². The molecular weight excluding hydrogens is 429 g/mol. The average Bonchev–Trinajstić information content (AvgIpc) is 2.84. The molecule has 1 fully saturated rings. The maximum Gasteiger partial charge on any atom is 0.342 e. The van der Waals surface area contributed by atoms with Crippen LogP contribution in [0.2, 0.25) is 0 Å². The topological polar surface area (TPSA) is 46.5 Å². The van der Waals surface area contributed by atoms with Gasteiger partial charge in [0.1, 0.15) is 0 Å². The van der Waals surface area contributed by atoms with Gasteiger partial charge in [-0.2, -0.15) is 4.39 Å². The molecule has 1 aliphatic rings. The third-order valence-corrected chi connectivity index (χ3v) is 7.20. The first kappa shape index (κ1) is 25.1. The maximum absolute atomic E-state index is 16.0. The van der Waals surface area contributed by atoms with E-state index < -0.39 is 35.1 Å². The van der Waals surface area contributed by atoms with Crippen LogP contribution in [0.15, 0.2) is 36.4 Å². The molecule has 1 saturated carbocycles. The molecule has 6 heteroatoms. The van der Waals surface area contributed by atoms with Crippen molar-refractivity contribution < 1.29 is 27.8 Å². The van der Waals surface area contributed by atoms with Crippen LogP contribution in [-0.4, -0.2) is 23.4 Å². The molecule has 0 aliphatic heterocycles. The van der Waals surface area contributed by atoms with Crippen LogP contribution in [-0.2, 0) is 4.79 Å². The van der Waals surface area contributed by atoms with Gasteiger partial charge in [0.15, 0.2) is 11.6 Å². The molecule has 1 aliphatic carbocycles. The first-order chi connectivity index (χ1) is 15.7. The molecule has 2 aromatic carbocycles. The van der Waals surface area contributed by atoms with Crippen molar-refractivity contribution in [2.75, 3.05) is 6.61 Å². The van der Waals surface area contributed by atoms with Crippen molar-refractivity contribution >= 4 is 5.97 Å². The van der Waals surface area contributed by atoms with Gasteiger partial charge in [0.05, 0.1) is 6.61 Å². The summed E-state index contributed by atoms with van der Waals surface area (Å²) in [6.07, 6.45) is 4.57. The number of hydrogen-bond acceptors (Lipinski definition) is 2. The highest BCUT2D eigenvalue weighted by Gasteiger charge is 2.52. The highest BCUT2D eigenvalue weighted by Crippen LogP contribution is 2.45. The van der Waals surface area contributed by atoms with Crippen molar-refractivity contribution in [2.24, 2.45) is 11.8 Å². The van der Waals surface area contributed by atoms with Gasteiger partial charge >= 0.3 is 5.97 Å². The summed E-state index contributed by atoms with van der Waals surface area (Å²) in [5.41, 5.74) is -0.957. The van der Waals surface area contributed by atoms with Crippen LogP contribution in [0.3, 0.4) is 0 Å². The molecule has 1 N–H and O–H groups in total. The van der Waals surface area contributed by atoms with E-state index >= 15 is 4.39 Å². The van der Waals surface area contributed by atoms with E-state index in [1.54, 1.807) is 31.2 Å². The maximum atomic E-state index is 16.0. The van der Waals surface area contributed by atoms with Crippen molar-refractivity contribution in [3.63, 3.8) is 0 Å². The minimum Gasteiger partial charge on any atom is -0.490 e. The molecule has 1 unspecified atom stereocenters. The van der Waals surface area contributed by atoms with Crippen LogP contribution in [0.25, 0.3) is 11.1 Å². The Hall–Kier alpha value is -2.50. The predicted octanol–water partition coefficient (Wildman–Crippen LogP) is 7.53. The van der Waals surface area contributed by atoms with Gasteiger partial charge in [-0.05, 0) is 48.4 Å². The molecule has 0 amide bonds. The Morgan fingerprint density at radius 2 is 1.70 bits per heavy atom. The van der Waals surface area contributed by atoms with Gasteiger partial charge in [0.2, 0.25) is 11.5 Å². The quantitative estimate of drug-likeness (QED) is 0.419. The number of carboxylic acids is 1. The van der Waals surface area contributed by atoms with Gasteiger partial charge in [-0.15, -0.1) is 0 Å². The number of rotatable bonds is 9. The van der Waals surface area contributed by atoms with Crippen LogP contribution in [0.5, 0.6) is 5.75 Å². The van der Waals surface area contributed by atoms with Crippen LogP contribution < -0.4 is 4.74 Å². The molecule has 3 nitrogen and oxygen atoms in total. The fourth-order valence-corrected chi connectivity index (χ4v) is 4.96. The second kappa shape index (κ2) is 10.6. The summed E-state index contributed by atoms with van der Waals surface area (Å²) < 4.78 is 50.2. The molecule has 0 spiro atoms. The Morgan fingerprint density at radius 1 is 1.06 bits per heavy atom. The number of alkyl halides is 1. The van der Waals surface area contributed by atoms with Gasteiger partial charge in [0, 0.05) is 17.4 Å². The summed E-state index contributed by atoms with van der Waals surface area (Å²) in [7, 11) is 0. The van der Waals surface area contributed by atoms with Crippen molar-refractivity contribution in [2.45, 2.75) is 70.9 Å². The first-order valence-electron chi connectivity index (χ1n) is 11.8. The molecule has 3 atom stereocenters. The van der Waals surface area contributed by atoms with E-state index in [-0.39, 0.29) is 17.2 Å². The number of halogens is 3. The second-order valence-corrected chi connectivity index (χ2v) is 9.20. The predicted molar refractivity (Wildman–Crippen MR) is 123 cm³/mol. The Bertz CT molecular complexity index is 954. The third-order valence-electron chi connectivity index (χ3n) is 7.20. The van der Waals surface area contributed by atoms with Gasteiger partial charge in [-0.1, -0.05) is 64.3 Å². The summed E-state index contributed by atoms with van der Waals surface area (Å²) in [4.78, 5) is 12.0. The Morgan fingerprint density at radius 3 is 2.27 bits per heavy atom. The van der Waals surface area contributed by atoms with Crippen molar-refractivity contribution in [1.29, 1.82) is 0 Å². The van der Waals surface area contributed by atoms with Crippen LogP contribution in [0, 0.1) is 23.5 Å². The van der Waals surface area contributed by atoms with E-state index in [1.165, 1.54) is 12.1 Å². The van der Waals surface area contributed by atoms with Gasteiger partial charge in [0.25, 0.3) is 0 Å². The number of aliphatic carboxylic acids is 1. The molecular formula is C27H33F3O3. The normalized spacial score (nSPS) is 18.4. The lowest BCUT2D eigenvalue weighted by Gasteiger charge is -2.39. The van der Waals surface area contributed by atoms with Crippen molar-refractivity contribution in [3.05, 3.63) is 53.6 Å². The molecule has 0 saturated heterocycles. The molecule has 0 radical (unpaired) electrons. The zero-order chi connectivity index (χ0) is 24.2. The molecule has 0 heterocycles. The highest BCUT2D eigenvalue weighted by atomic mass is 19.2. The molecule has 180 valence electrons. The Kier molecular flexibility index (Phi) is 8.09. The summed E-state index contributed by atoms with van der Waals surface area (Å²) in [6.45, 7) is 5.66. The largest absolute Gasteiger partial charge is 0.490 e. The van der Waals surface area contributed by atoms with Gasteiger partial charge in [-0.25, -0.2) is 13.6 Å². The van der Waals surface area contributed by atoms with Crippen LogP contribution in [0.4, 0.5) is 13.2 Å². The lowest BCUT2D eigenvalue weighted by Crippen LogP contribution is -2.49. The number of carboxylic acid groups (broad SMARTS) is 1. The molecule has 2 aromatic rings.